The maximum Gasteiger partial charge on any atom is 0.264 e. The summed E-state index contributed by atoms with van der Waals surface area (Å²) in [6.07, 6.45) is 1.94. The van der Waals surface area contributed by atoms with Crippen molar-refractivity contribution in [2.45, 2.75) is 31.3 Å². The van der Waals surface area contributed by atoms with Crippen LogP contribution in [-0.4, -0.2) is 23.3 Å². The lowest BCUT2D eigenvalue weighted by Crippen LogP contribution is -2.49. The fourth-order valence-electron chi connectivity index (χ4n) is 4.33. The van der Waals surface area contributed by atoms with Crippen molar-refractivity contribution < 1.29 is 14.7 Å². The van der Waals surface area contributed by atoms with Gasteiger partial charge in [-0.05, 0) is 30.9 Å². The second-order valence-electron chi connectivity index (χ2n) is 7.11. The Bertz CT molecular complexity index is 962. The number of nitriles is 1. The molecule has 1 amide bonds. The number of fused-ring (bicyclic) bond motifs is 2. The van der Waals surface area contributed by atoms with E-state index in [2.05, 4.69) is 6.07 Å². The molecule has 2 aromatic carbocycles. The summed E-state index contributed by atoms with van der Waals surface area (Å²) >= 11 is 0. The zero-order valence-electron chi connectivity index (χ0n) is 14.9. The first kappa shape index (κ1) is 17.4. The van der Waals surface area contributed by atoms with E-state index in [0.29, 0.717) is 49.0 Å². The second-order valence-corrected chi connectivity index (χ2v) is 7.11. The summed E-state index contributed by atoms with van der Waals surface area (Å²) in [6.45, 7) is 0.350. The number of hydrogen-bond donors (Lipinski definition) is 1. The molecule has 2 atom stereocenters. The number of amides is 1. The number of Topliss-reactive ketones (excluding diaryl/α,β-unsaturated/α-hetero) is 1. The van der Waals surface area contributed by atoms with E-state index in [1.165, 1.54) is 4.90 Å². The van der Waals surface area contributed by atoms with Crippen molar-refractivity contribution in [3.05, 3.63) is 65.2 Å². The molecular formula is C22H20N2O3. The molecule has 2 aromatic rings. The molecule has 0 unspecified atom stereocenters. The predicted octanol–water partition coefficient (Wildman–Crippen LogP) is 2.97. The molecule has 0 saturated carbocycles. The smallest absolute Gasteiger partial charge is 0.264 e. The molecule has 5 heteroatoms. The first-order valence-electron chi connectivity index (χ1n) is 9.22. The number of aryl methyl sites for hydroxylation is 1. The topological polar surface area (TPSA) is 81.4 Å². The summed E-state index contributed by atoms with van der Waals surface area (Å²) < 4.78 is 0. The van der Waals surface area contributed by atoms with E-state index in [4.69, 9.17) is 5.26 Å². The van der Waals surface area contributed by atoms with E-state index in [1.54, 1.807) is 24.3 Å². The van der Waals surface area contributed by atoms with E-state index in [0.717, 1.165) is 5.56 Å². The van der Waals surface area contributed by atoms with Crippen LogP contribution in [0.2, 0.25) is 0 Å². The molecule has 0 aromatic heterocycles. The Morgan fingerprint density at radius 3 is 2.70 bits per heavy atom. The van der Waals surface area contributed by atoms with Gasteiger partial charge in [-0.1, -0.05) is 42.5 Å². The third kappa shape index (κ3) is 2.56. The van der Waals surface area contributed by atoms with Gasteiger partial charge in [0.2, 0.25) is 0 Å². The molecule has 136 valence electrons. The van der Waals surface area contributed by atoms with E-state index in [9.17, 15) is 14.7 Å². The molecule has 5 nitrogen and oxygen atoms in total. The van der Waals surface area contributed by atoms with Crippen molar-refractivity contribution in [2.24, 2.45) is 5.92 Å². The number of anilines is 1. The van der Waals surface area contributed by atoms with E-state index in [1.807, 2.05) is 24.3 Å². The molecule has 0 bridgehead atoms. The maximum atomic E-state index is 13.3. The van der Waals surface area contributed by atoms with Gasteiger partial charge in [0.1, 0.15) is 0 Å². The summed E-state index contributed by atoms with van der Waals surface area (Å²) in [5, 5.41) is 20.4. The van der Waals surface area contributed by atoms with Crippen LogP contribution >= 0.6 is 0 Å². The van der Waals surface area contributed by atoms with Gasteiger partial charge < -0.3 is 10.0 Å². The number of unbranched alkanes of at least 4 members (excludes halogenated alkanes) is 1. The molecule has 0 radical (unpaired) electrons. The van der Waals surface area contributed by atoms with Crippen molar-refractivity contribution in [1.82, 2.24) is 0 Å². The molecule has 4 rings (SSSR count). The fraction of sp³-hybridized carbons (Fsp3) is 0.318. The molecule has 0 fully saturated rings. The van der Waals surface area contributed by atoms with Gasteiger partial charge in [-0.3, -0.25) is 9.59 Å². The molecule has 27 heavy (non-hydrogen) atoms. The third-order valence-corrected chi connectivity index (χ3v) is 5.65. The highest BCUT2D eigenvalue weighted by atomic mass is 16.3. The highest BCUT2D eigenvalue weighted by Gasteiger charge is 2.57. The van der Waals surface area contributed by atoms with E-state index in [-0.39, 0.29) is 5.78 Å². The van der Waals surface area contributed by atoms with Crippen LogP contribution in [0.4, 0.5) is 5.69 Å². The van der Waals surface area contributed by atoms with Crippen LogP contribution in [0.15, 0.2) is 48.5 Å². The number of para-hydroxylation sites is 1. The Balaban J connectivity index is 1.75. The number of benzene rings is 2. The number of ketones is 1. The van der Waals surface area contributed by atoms with Crippen molar-refractivity contribution in [3.63, 3.8) is 0 Å². The highest BCUT2D eigenvalue weighted by Crippen LogP contribution is 2.48. The molecule has 1 aliphatic heterocycles. The number of aliphatic hydroxyl groups is 1. The molecule has 0 spiro atoms. The lowest BCUT2D eigenvalue weighted by molar-refractivity contribution is -0.140. The summed E-state index contributed by atoms with van der Waals surface area (Å²) in [5.41, 5.74) is 0.829. The minimum absolute atomic E-state index is 0.179. The SMILES string of the molecule is N#CCCCN1C(=O)[C@@](O)([C@H]2CCc3ccccc3C2=O)c2ccccc21. The van der Waals surface area contributed by atoms with Crippen LogP contribution in [0.5, 0.6) is 0 Å². The second kappa shape index (κ2) is 6.64. The van der Waals surface area contributed by atoms with Crippen molar-refractivity contribution in [1.29, 1.82) is 5.26 Å². The van der Waals surface area contributed by atoms with Crippen molar-refractivity contribution in [3.8, 4) is 6.07 Å². The Labute approximate surface area is 157 Å². The minimum atomic E-state index is -1.85. The molecule has 2 aliphatic rings. The monoisotopic (exact) mass is 360 g/mol. The normalized spacial score (nSPS) is 23.7. The minimum Gasteiger partial charge on any atom is -0.375 e. The summed E-state index contributed by atoms with van der Waals surface area (Å²) in [5.74, 6) is -1.44. The Hall–Kier alpha value is -2.97. The van der Waals surface area contributed by atoms with E-state index < -0.39 is 17.4 Å². The average Bonchev–Trinajstić information content (AvgIpc) is 2.91. The summed E-state index contributed by atoms with van der Waals surface area (Å²) in [7, 11) is 0. The number of hydrogen-bond acceptors (Lipinski definition) is 4. The van der Waals surface area contributed by atoms with Crippen LogP contribution in [0.1, 0.15) is 40.7 Å². The Morgan fingerprint density at radius 2 is 1.89 bits per heavy atom. The number of nitrogens with zero attached hydrogens (tertiary/aromatic N) is 2. The van der Waals surface area contributed by atoms with Gasteiger partial charge in [0.25, 0.3) is 5.91 Å². The van der Waals surface area contributed by atoms with Crippen molar-refractivity contribution >= 4 is 17.4 Å². The van der Waals surface area contributed by atoms with Gasteiger partial charge in [0, 0.05) is 24.1 Å². The van der Waals surface area contributed by atoms with Gasteiger partial charge in [0.15, 0.2) is 11.4 Å². The highest BCUT2D eigenvalue weighted by molar-refractivity contribution is 6.12. The zero-order valence-corrected chi connectivity index (χ0v) is 14.9. The number of rotatable bonds is 4. The Morgan fingerprint density at radius 1 is 1.15 bits per heavy atom. The fourth-order valence-corrected chi connectivity index (χ4v) is 4.33. The van der Waals surface area contributed by atoms with Crippen LogP contribution in [-0.2, 0) is 16.8 Å². The molecule has 1 heterocycles. The van der Waals surface area contributed by atoms with Gasteiger partial charge in [-0.25, -0.2) is 0 Å². The zero-order chi connectivity index (χ0) is 19.0. The third-order valence-electron chi connectivity index (χ3n) is 5.65. The number of carbonyl (C=O) groups is 2. The predicted molar refractivity (Wildman–Crippen MR) is 100 cm³/mol. The quantitative estimate of drug-likeness (QED) is 0.850. The first-order valence-corrected chi connectivity index (χ1v) is 9.22. The molecule has 1 N–H and O–H groups in total. The van der Waals surface area contributed by atoms with E-state index >= 15 is 0 Å². The van der Waals surface area contributed by atoms with Crippen molar-refractivity contribution in [2.75, 3.05) is 11.4 Å². The maximum absolute atomic E-state index is 13.3. The van der Waals surface area contributed by atoms with Gasteiger partial charge in [-0.2, -0.15) is 5.26 Å². The van der Waals surface area contributed by atoms with Gasteiger partial charge >= 0.3 is 0 Å². The molecular weight excluding hydrogens is 340 g/mol. The first-order chi connectivity index (χ1) is 13.1. The standard InChI is InChI=1S/C22H20N2O3/c23-13-5-6-14-24-19-10-4-3-9-17(19)22(27,21(24)26)18-12-11-15-7-1-2-8-16(15)20(18)25/h1-4,7-10,18,27H,5-6,11-12,14H2/t18-,22-/m0/s1. The van der Waals surface area contributed by atoms with Crippen LogP contribution in [0.3, 0.4) is 0 Å². The number of carbonyl (C=O) groups excluding carboxylic acids is 2. The van der Waals surface area contributed by atoms with Gasteiger partial charge in [0.05, 0.1) is 17.7 Å². The van der Waals surface area contributed by atoms with Crippen LogP contribution in [0, 0.1) is 17.2 Å². The van der Waals surface area contributed by atoms with Crippen LogP contribution in [0.25, 0.3) is 0 Å². The molecule has 0 saturated heterocycles. The van der Waals surface area contributed by atoms with Crippen LogP contribution < -0.4 is 4.90 Å². The molecule has 1 aliphatic carbocycles. The summed E-state index contributed by atoms with van der Waals surface area (Å²) in [6, 6.07) is 16.6. The van der Waals surface area contributed by atoms with Gasteiger partial charge in [-0.15, -0.1) is 0 Å². The lowest BCUT2D eigenvalue weighted by Gasteiger charge is -2.34. The lowest BCUT2D eigenvalue weighted by atomic mass is 9.71. The average molecular weight is 360 g/mol. The Kier molecular flexibility index (Phi) is 4.29. The summed E-state index contributed by atoms with van der Waals surface area (Å²) in [4.78, 5) is 28.0. The largest absolute Gasteiger partial charge is 0.375 e.